The van der Waals surface area contributed by atoms with E-state index >= 15 is 0 Å². The molecular formula is C18H18FN3O2S. The largest absolute Gasteiger partial charge is 0.477 e. The van der Waals surface area contributed by atoms with Crippen molar-refractivity contribution in [3.8, 4) is 5.75 Å². The average Bonchev–Trinajstić information content (AvgIpc) is 2.63. The van der Waals surface area contributed by atoms with Gasteiger partial charge in [-0.2, -0.15) is 0 Å². The first-order chi connectivity index (χ1) is 12.0. The number of aryl methyl sites for hydroxylation is 1. The molecule has 7 heteroatoms. The van der Waals surface area contributed by atoms with Crippen molar-refractivity contribution in [2.75, 3.05) is 23.8 Å². The first-order valence-corrected chi connectivity index (χ1v) is 8.22. The van der Waals surface area contributed by atoms with E-state index in [0.29, 0.717) is 22.1 Å². The molecule has 3 rings (SSSR count). The fourth-order valence-corrected chi connectivity index (χ4v) is 2.88. The molecule has 0 aromatic heterocycles. The number of anilines is 2. The summed E-state index contributed by atoms with van der Waals surface area (Å²) >= 11 is 5.49. The molecule has 1 atom stereocenters. The standard InChI is InChI=1S/C18H18FN3O2S/c1-11-7-8-12(9-13(11)19)21-18(25)22-10-16(17(23)20-2)24-15-6-4-3-5-14(15)22/h3-9,16H,10H2,1-2H3,(H,20,23)(H,21,25)/t16-/m1/s1. The molecule has 5 nitrogen and oxygen atoms in total. The van der Waals surface area contributed by atoms with Crippen molar-refractivity contribution in [3.05, 3.63) is 53.8 Å². The highest BCUT2D eigenvalue weighted by Crippen LogP contribution is 2.33. The second-order valence-corrected chi connectivity index (χ2v) is 6.08. The van der Waals surface area contributed by atoms with E-state index in [-0.39, 0.29) is 18.3 Å². The summed E-state index contributed by atoms with van der Waals surface area (Å²) in [4.78, 5) is 13.8. The maximum Gasteiger partial charge on any atom is 0.262 e. The Morgan fingerprint density at radius 1 is 1.32 bits per heavy atom. The molecule has 0 aliphatic carbocycles. The van der Waals surface area contributed by atoms with E-state index < -0.39 is 6.10 Å². The lowest BCUT2D eigenvalue weighted by Gasteiger charge is -2.35. The van der Waals surface area contributed by atoms with Crippen molar-refractivity contribution in [1.29, 1.82) is 0 Å². The minimum absolute atomic E-state index is 0.233. The first-order valence-electron chi connectivity index (χ1n) is 7.81. The molecule has 1 amide bonds. The Labute approximate surface area is 150 Å². The smallest absolute Gasteiger partial charge is 0.262 e. The van der Waals surface area contributed by atoms with Crippen LogP contribution in [0.4, 0.5) is 15.8 Å². The number of ether oxygens (including phenoxy) is 1. The molecule has 0 saturated heterocycles. The quantitative estimate of drug-likeness (QED) is 0.808. The fraction of sp³-hybridized carbons (Fsp3) is 0.222. The van der Waals surface area contributed by atoms with Crippen LogP contribution in [0, 0.1) is 12.7 Å². The summed E-state index contributed by atoms with van der Waals surface area (Å²) in [6, 6.07) is 12.2. The van der Waals surface area contributed by atoms with Crippen LogP contribution in [0.15, 0.2) is 42.5 Å². The number of hydrogen-bond donors (Lipinski definition) is 2. The lowest BCUT2D eigenvalue weighted by molar-refractivity contribution is -0.127. The second-order valence-electron chi connectivity index (χ2n) is 5.69. The summed E-state index contributed by atoms with van der Waals surface area (Å²) in [5, 5.41) is 5.98. The van der Waals surface area contributed by atoms with E-state index in [2.05, 4.69) is 10.6 Å². The predicted molar refractivity (Wildman–Crippen MR) is 99.6 cm³/mol. The molecule has 1 aliphatic rings. The van der Waals surface area contributed by atoms with Gasteiger partial charge in [0.1, 0.15) is 11.6 Å². The highest BCUT2D eigenvalue weighted by Gasteiger charge is 2.32. The number of carbonyl (C=O) groups excluding carboxylic acids is 1. The van der Waals surface area contributed by atoms with Crippen LogP contribution >= 0.6 is 12.2 Å². The van der Waals surface area contributed by atoms with E-state index in [4.69, 9.17) is 17.0 Å². The Kier molecular flexibility index (Phi) is 4.85. The minimum atomic E-state index is -0.686. The Balaban J connectivity index is 1.87. The third-order valence-electron chi connectivity index (χ3n) is 3.98. The number of fused-ring (bicyclic) bond motifs is 1. The van der Waals surface area contributed by atoms with Gasteiger partial charge in [-0.3, -0.25) is 4.79 Å². The van der Waals surface area contributed by atoms with Crippen LogP contribution in [-0.2, 0) is 4.79 Å². The topological polar surface area (TPSA) is 53.6 Å². The number of nitrogens with zero attached hydrogens (tertiary/aromatic N) is 1. The number of halogens is 1. The van der Waals surface area contributed by atoms with E-state index in [0.717, 1.165) is 5.69 Å². The summed E-state index contributed by atoms with van der Waals surface area (Å²) in [5.41, 5.74) is 1.87. The zero-order valence-electron chi connectivity index (χ0n) is 13.9. The lowest BCUT2D eigenvalue weighted by Crippen LogP contribution is -2.51. The highest BCUT2D eigenvalue weighted by atomic mass is 32.1. The number of hydrogen-bond acceptors (Lipinski definition) is 3. The van der Waals surface area contributed by atoms with E-state index in [9.17, 15) is 9.18 Å². The normalized spacial score (nSPS) is 15.8. The van der Waals surface area contributed by atoms with Gasteiger partial charge in [-0.15, -0.1) is 0 Å². The number of carbonyl (C=O) groups is 1. The van der Waals surface area contributed by atoms with E-state index in [1.807, 2.05) is 18.2 Å². The molecule has 2 aromatic carbocycles. The van der Waals surface area contributed by atoms with Gasteiger partial charge < -0.3 is 20.3 Å². The number of para-hydroxylation sites is 2. The first kappa shape index (κ1) is 17.2. The fourth-order valence-electron chi connectivity index (χ4n) is 2.59. The third-order valence-corrected chi connectivity index (χ3v) is 4.30. The van der Waals surface area contributed by atoms with Crippen LogP contribution in [0.25, 0.3) is 0 Å². The number of nitrogens with one attached hydrogen (secondary N) is 2. The van der Waals surface area contributed by atoms with Crippen molar-refractivity contribution in [3.63, 3.8) is 0 Å². The SMILES string of the molecule is CNC(=O)[C@H]1CN(C(=S)Nc2ccc(C)c(F)c2)c2ccccc2O1. The van der Waals surface area contributed by atoms with Crippen LogP contribution in [0.2, 0.25) is 0 Å². The maximum atomic E-state index is 13.8. The van der Waals surface area contributed by atoms with Crippen LogP contribution in [0.1, 0.15) is 5.56 Å². The number of thiocarbonyl (C=S) groups is 1. The van der Waals surface area contributed by atoms with Crippen molar-refractivity contribution < 1.29 is 13.9 Å². The van der Waals surface area contributed by atoms with Crippen molar-refractivity contribution in [2.45, 2.75) is 13.0 Å². The maximum absolute atomic E-state index is 13.8. The van der Waals surface area contributed by atoms with Gasteiger partial charge in [-0.05, 0) is 49.0 Å². The molecular weight excluding hydrogens is 341 g/mol. The summed E-state index contributed by atoms with van der Waals surface area (Å²) in [7, 11) is 1.56. The van der Waals surface area contributed by atoms with E-state index in [1.165, 1.54) is 6.07 Å². The van der Waals surface area contributed by atoms with Crippen LogP contribution in [-0.4, -0.2) is 30.7 Å². The van der Waals surface area contributed by atoms with Gasteiger partial charge in [0.25, 0.3) is 5.91 Å². The molecule has 0 saturated carbocycles. The summed E-state index contributed by atoms with van der Waals surface area (Å²) in [5.74, 6) is 0.0312. The van der Waals surface area contributed by atoms with Gasteiger partial charge in [-0.1, -0.05) is 18.2 Å². The van der Waals surface area contributed by atoms with Crippen molar-refractivity contribution >= 4 is 34.6 Å². The molecule has 0 unspecified atom stereocenters. The molecule has 0 radical (unpaired) electrons. The number of likely N-dealkylation sites (N-methyl/N-ethyl adjacent to an activating group) is 1. The summed E-state index contributed by atoms with van der Waals surface area (Å²) in [6.07, 6.45) is -0.686. The summed E-state index contributed by atoms with van der Waals surface area (Å²) in [6.45, 7) is 1.96. The van der Waals surface area contributed by atoms with Gasteiger partial charge >= 0.3 is 0 Å². The van der Waals surface area contributed by atoms with Gasteiger partial charge in [0.15, 0.2) is 11.2 Å². The minimum Gasteiger partial charge on any atom is -0.477 e. The molecule has 1 aliphatic heterocycles. The molecule has 0 bridgehead atoms. The predicted octanol–water partition coefficient (Wildman–Crippen LogP) is 2.84. The van der Waals surface area contributed by atoms with Crippen molar-refractivity contribution in [2.24, 2.45) is 0 Å². The molecule has 130 valence electrons. The van der Waals surface area contributed by atoms with Gasteiger partial charge in [0.05, 0.1) is 12.2 Å². The zero-order valence-corrected chi connectivity index (χ0v) is 14.7. The van der Waals surface area contributed by atoms with Gasteiger partial charge in [0.2, 0.25) is 0 Å². The van der Waals surface area contributed by atoms with Gasteiger partial charge in [-0.25, -0.2) is 4.39 Å². The molecule has 0 fully saturated rings. The lowest BCUT2D eigenvalue weighted by atomic mass is 10.2. The average molecular weight is 359 g/mol. The summed E-state index contributed by atoms with van der Waals surface area (Å²) < 4.78 is 19.5. The molecule has 0 spiro atoms. The Morgan fingerprint density at radius 2 is 2.08 bits per heavy atom. The number of benzene rings is 2. The van der Waals surface area contributed by atoms with E-state index in [1.54, 1.807) is 37.1 Å². The molecule has 25 heavy (non-hydrogen) atoms. The van der Waals surface area contributed by atoms with Crippen LogP contribution in [0.3, 0.4) is 0 Å². The number of amides is 1. The zero-order chi connectivity index (χ0) is 18.0. The molecule has 2 aromatic rings. The Bertz CT molecular complexity index is 828. The second kappa shape index (κ2) is 7.06. The van der Waals surface area contributed by atoms with Crippen LogP contribution < -0.4 is 20.3 Å². The Hall–Kier alpha value is -2.67. The highest BCUT2D eigenvalue weighted by molar-refractivity contribution is 7.80. The van der Waals surface area contributed by atoms with Crippen LogP contribution in [0.5, 0.6) is 5.75 Å². The van der Waals surface area contributed by atoms with Gasteiger partial charge in [0, 0.05) is 12.7 Å². The number of rotatable bonds is 2. The Morgan fingerprint density at radius 3 is 2.80 bits per heavy atom. The van der Waals surface area contributed by atoms with Crippen molar-refractivity contribution in [1.82, 2.24) is 5.32 Å². The third kappa shape index (κ3) is 3.56. The monoisotopic (exact) mass is 359 g/mol. The molecule has 1 heterocycles. The molecule has 2 N–H and O–H groups in total.